The number of ketones is 1. The number of Topliss-reactive ketones (excluding diaryl/α,β-unsaturated/α-hetero) is 1. The zero-order valence-electron chi connectivity index (χ0n) is 12.7. The lowest BCUT2D eigenvalue weighted by Gasteiger charge is -2.43. The van der Waals surface area contributed by atoms with Gasteiger partial charge in [-0.3, -0.25) is 14.4 Å². The minimum Gasteiger partial charge on any atom is -0.294 e. The van der Waals surface area contributed by atoms with Crippen LogP contribution in [-0.2, 0) is 22.9 Å². The average Bonchev–Trinajstić information content (AvgIpc) is 2.62. The standard InChI is InChI=1S/C14H21N3O3S/c1-10(2)16-5-12-4-13(11(3)18)15-17(12)7-14(6-16)8-21(19,20)9-14/h4,10H,5-9H2,1-3H3. The second kappa shape index (κ2) is 4.64. The summed E-state index contributed by atoms with van der Waals surface area (Å²) in [7, 11) is -2.90. The van der Waals surface area contributed by atoms with Crippen molar-refractivity contribution in [3.63, 3.8) is 0 Å². The Kier molecular flexibility index (Phi) is 3.25. The van der Waals surface area contributed by atoms with Crippen LogP contribution in [0.5, 0.6) is 0 Å². The lowest BCUT2D eigenvalue weighted by molar-refractivity contribution is 0.101. The van der Waals surface area contributed by atoms with E-state index in [1.54, 1.807) is 0 Å². The summed E-state index contributed by atoms with van der Waals surface area (Å²) in [5.74, 6) is 0.387. The molecule has 0 aliphatic carbocycles. The summed E-state index contributed by atoms with van der Waals surface area (Å²) >= 11 is 0. The number of carbonyl (C=O) groups is 1. The molecule has 1 aromatic heterocycles. The number of fused-ring (bicyclic) bond motifs is 1. The SMILES string of the molecule is CC(=O)c1cc2n(n1)CC1(CN(C(C)C)C2)CS(=O)(=O)C1. The van der Waals surface area contributed by atoms with Crippen LogP contribution in [0, 0.1) is 5.41 Å². The van der Waals surface area contributed by atoms with Crippen molar-refractivity contribution in [1.82, 2.24) is 14.7 Å². The Balaban J connectivity index is 1.98. The molecule has 6 nitrogen and oxygen atoms in total. The summed E-state index contributed by atoms with van der Waals surface area (Å²) < 4.78 is 25.2. The van der Waals surface area contributed by atoms with Gasteiger partial charge in [-0.05, 0) is 19.9 Å². The van der Waals surface area contributed by atoms with Crippen LogP contribution in [0.1, 0.15) is 37.0 Å². The van der Waals surface area contributed by atoms with E-state index in [4.69, 9.17) is 0 Å². The number of hydrogen-bond donors (Lipinski definition) is 0. The molecular formula is C14H21N3O3S. The van der Waals surface area contributed by atoms with Crippen molar-refractivity contribution in [3.8, 4) is 0 Å². The molecule has 2 aliphatic rings. The van der Waals surface area contributed by atoms with Gasteiger partial charge in [-0.1, -0.05) is 0 Å². The van der Waals surface area contributed by atoms with Crippen LogP contribution >= 0.6 is 0 Å². The normalized spacial score (nSPS) is 23.6. The highest BCUT2D eigenvalue weighted by Crippen LogP contribution is 2.38. The van der Waals surface area contributed by atoms with Gasteiger partial charge in [0.25, 0.3) is 0 Å². The predicted octanol–water partition coefficient (Wildman–Crippen LogP) is 0.725. The van der Waals surface area contributed by atoms with Crippen LogP contribution < -0.4 is 0 Å². The predicted molar refractivity (Wildman–Crippen MR) is 78.9 cm³/mol. The molecule has 0 unspecified atom stereocenters. The Morgan fingerprint density at radius 3 is 2.52 bits per heavy atom. The van der Waals surface area contributed by atoms with Gasteiger partial charge in [0, 0.05) is 31.5 Å². The molecule has 116 valence electrons. The summed E-state index contributed by atoms with van der Waals surface area (Å²) in [6.07, 6.45) is 0. The monoisotopic (exact) mass is 311 g/mol. The molecule has 0 saturated carbocycles. The highest BCUT2D eigenvalue weighted by atomic mass is 32.2. The van der Waals surface area contributed by atoms with Gasteiger partial charge in [-0.25, -0.2) is 8.42 Å². The molecule has 7 heteroatoms. The third kappa shape index (κ3) is 2.64. The van der Waals surface area contributed by atoms with E-state index in [-0.39, 0.29) is 22.7 Å². The van der Waals surface area contributed by atoms with Crippen molar-refractivity contribution in [2.24, 2.45) is 5.41 Å². The van der Waals surface area contributed by atoms with E-state index in [0.29, 0.717) is 24.8 Å². The quantitative estimate of drug-likeness (QED) is 0.753. The first kappa shape index (κ1) is 14.7. The molecular weight excluding hydrogens is 290 g/mol. The second-order valence-electron chi connectivity index (χ2n) is 6.77. The minimum atomic E-state index is -2.90. The molecule has 1 aromatic rings. The molecule has 1 spiro atoms. The van der Waals surface area contributed by atoms with Gasteiger partial charge in [0.1, 0.15) is 5.69 Å². The van der Waals surface area contributed by atoms with Crippen molar-refractivity contribution in [1.29, 1.82) is 0 Å². The molecule has 0 atom stereocenters. The lowest BCUT2D eigenvalue weighted by Crippen LogP contribution is -2.56. The summed E-state index contributed by atoms with van der Waals surface area (Å²) in [5, 5.41) is 4.37. The van der Waals surface area contributed by atoms with Gasteiger partial charge in [-0.2, -0.15) is 5.10 Å². The van der Waals surface area contributed by atoms with Gasteiger partial charge in [0.05, 0.1) is 23.7 Å². The van der Waals surface area contributed by atoms with Crippen LogP contribution in [0.2, 0.25) is 0 Å². The van der Waals surface area contributed by atoms with Gasteiger partial charge in [-0.15, -0.1) is 0 Å². The van der Waals surface area contributed by atoms with Crippen LogP contribution in [-0.4, -0.2) is 53.0 Å². The first-order valence-electron chi connectivity index (χ1n) is 7.22. The van der Waals surface area contributed by atoms with E-state index in [1.165, 1.54) is 6.92 Å². The minimum absolute atomic E-state index is 0.0537. The van der Waals surface area contributed by atoms with Gasteiger partial charge >= 0.3 is 0 Å². The summed E-state index contributed by atoms with van der Waals surface area (Å²) in [6.45, 7) is 7.78. The smallest absolute Gasteiger partial charge is 0.179 e. The van der Waals surface area contributed by atoms with Gasteiger partial charge < -0.3 is 0 Å². The zero-order chi connectivity index (χ0) is 15.4. The fraction of sp³-hybridized carbons (Fsp3) is 0.714. The van der Waals surface area contributed by atoms with Crippen LogP contribution in [0.25, 0.3) is 0 Å². The van der Waals surface area contributed by atoms with E-state index >= 15 is 0 Å². The average molecular weight is 311 g/mol. The molecule has 21 heavy (non-hydrogen) atoms. The Morgan fingerprint density at radius 2 is 2.00 bits per heavy atom. The number of nitrogens with zero attached hydrogens (tertiary/aromatic N) is 3. The molecule has 0 aromatic carbocycles. The van der Waals surface area contributed by atoms with Crippen molar-refractivity contribution >= 4 is 15.6 Å². The molecule has 2 aliphatic heterocycles. The first-order chi connectivity index (χ1) is 9.70. The van der Waals surface area contributed by atoms with E-state index in [0.717, 1.165) is 12.2 Å². The highest BCUT2D eigenvalue weighted by molar-refractivity contribution is 7.92. The maximum absolute atomic E-state index is 11.7. The Morgan fingerprint density at radius 1 is 1.33 bits per heavy atom. The molecule has 0 radical (unpaired) electrons. The summed E-state index contributed by atoms with van der Waals surface area (Å²) in [4.78, 5) is 13.8. The maximum atomic E-state index is 11.7. The second-order valence-corrected chi connectivity index (χ2v) is 8.83. The van der Waals surface area contributed by atoms with Crippen molar-refractivity contribution in [3.05, 3.63) is 17.5 Å². The third-order valence-electron chi connectivity index (χ3n) is 4.40. The fourth-order valence-corrected chi connectivity index (χ4v) is 5.54. The number of sulfone groups is 1. The number of carbonyl (C=O) groups excluding carboxylic acids is 1. The summed E-state index contributed by atoms with van der Waals surface area (Å²) in [5.41, 5.74) is 1.21. The van der Waals surface area contributed by atoms with Crippen molar-refractivity contribution < 1.29 is 13.2 Å². The number of hydrogen-bond acceptors (Lipinski definition) is 5. The van der Waals surface area contributed by atoms with Crippen LogP contribution in [0.3, 0.4) is 0 Å². The molecule has 0 bridgehead atoms. The Labute approximate surface area is 125 Å². The van der Waals surface area contributed by atoms with E-state index in [1.807, 2.05) is 10.7 Å². The van der Waals surface area contributed by atoms with Crippen LogP contribution in [0.15, 0.2) is 6.07 Å². The van der Waals surface area contributed by atoms with E-state index in [2.05, 4.69) is 23.8 Å². The number of aromatic nitrogens is 2. The fourth-order valence-electron chi connectivity index (χ4n) is 3.39. The zero-order valence-corrected chi connectivity index (χ0v) is 13.5. The van der Waals surface area contributed by atoms with Gasteiger partial charge in [0.15, 0.2) is 15.6 Å². The van der Waals surface area contributed by atoms with E-state index in [9.17, 15) is 13.2 Å². The molecule has 3 heterocycles. The largest absolute Gasteiger partial charge is 0.294 e. The lowest BCUT2D eigenvalue weighted by atomic mass is 9.91. The number of rotatable bonds is 2. The van der Waals surface area contributed by atoms with E-state index < -0.39 is 9.84 Å². The first-order valence-corrected chi connectivity index (χ1v) is 9.04. The third-order valence-corrected chi connectivity index (χ3v) is 6.50. The Hall–Kier alpha value is -1.21. The van der Waals surface area contributed by atoms with Crippen LogP contribution in [0.4, 0.5) is 0 Å². The molecule has 1 fully saturated rings. The molecule has 1 saturated heterocycles. The molecule has 0 N–H and O–H groups in total. The summed E-state index contributed by atoms with van der Waals surface area (Å²) in [6, 6.07) is 2.16. The van der Waals surface area contributed by atoms with Gasteiger partial charge in [0.2, 0.25) is 0 Å². The van der Waals surface area contributed by atoms with Crippen molar-refractivity contribution in [2.75, 3.05) is 18.1 Å². The highest BCUT2D eigenvalue weighted by Gasteiger charge is 2.51. The Bertz CT molecular complexity index is 678. The molecule has 0 amide bonds. The van der Waals surface area contributed by atoms with Crippen molar-refractivity contribution in [2.45, 2.75) is 39.9 Å². The molecule has 3 rings (SSSR count). The maximum Gasteiger partial charge on any atom is 0.179 e. The topological polar surface area (TPSA) is 72.3 Å².